The molecular formula is C18H25N3OS2. The molecule has 24 heavy (non-hydrogen) atoms. The van der Waals surface area contributed by atoms with Gasteiger partial charge in [-0.05, 0) is 31.2 Å². The molecule has 130 valence electrons. The van der Waals surface area contributed by atoms with Gasteiger partial charge in [0.25, 0.3) is 0 Å². The molecule has 3 rings (SSSR count). The molecule has 0 saturated carbocycles. The van der Waals surface area contributed by atoms with Crippen LogP contribution in [0.5, 0.6) is 0 Å². The van der Waals surface area contributed by atoms with E-state index in [2.05, 4.69) is 49.0 Å². The van der Waals surface area contributed by atoms with Gasteiger partial charge in [-0.3, -0.25) is 0 Å². The maximum Gasteiger partial charge on any atom is 0.318 e. The number of thiophene rings is 1. The fourth-order valence-electron chi connectivity index (χ4n) is 2.95. The number of rotatable bonds is 3. The zero-order valence-corrected chi connectivity index (χ0v) is 16.3. The summed E-state index contributed by atoms with van der Waals surface area (Å²) < 4.78 is 0. The summed E-state index contributed by atoms with van der Waals surface area (Å²) in [5, 5.41) is 8.29. The average molecular weight is 364 g/mol. The number of amides is 2. The van der Waals surface area contributed by atoms with Gasteiger partial charge in [0.15, 0.2) is 0 Å². The van der Waals surface area contributed by atoms with Crippen LogP contribution in [0.3, 0.4) is 0 Å². The van der Waals surface area contributed by atoms with E-state index in [-0.39, 0.29) is 23.5 Å². The Morgan fingerprint density at radius 3 is 2.83 bits per heavy atom. The Labute approximate surface area is 151 Å². The summed E-state index contributed by atoms with van der Waals surface area (Å²) in [7, 11) is 0. The molecule has 2 amide bonds. The third-order valence-corrected chi connectivity index (χ3v) is 6.39. The van der Waals surface area contributed by atoms with Crippen molar-refractivity contribution in [1.82, 2.24) is 15.2 Å². The summed E-state index contributed by atoms with van der Waals surface area (Å²) in [5.74, 6) is 0. The number of nitrogens with one attached hydrogen (secondary N) is 1. The second kappa shape index (κ2) is 6.84. The Balaban J connectivity index is 1.67. The predicted molar refractivity (Wildman–Crippen MR) is 101 cm³/mol. The van der Waals surface area contributed by atoms with Gasteiger partial charge < -0.3 is 10.2 Å². The highest BCUT2D eigenvalue weighted by molar-refractivity contribution is 7.10. The van der Waals surface area contributed by atoms with Crippen molar-refractivity contribution in [2.24, 2.45) is 0 Å². The summed E-state index contributed by atoms with van der Waals surface area (Å²) >= 11 is 3.36. The molecule has 2 unspecified atom stereocenters. The van der Waals surface area contributed by atoms with Crippen molar-refractivity contribution in [1.29, 1.82) is 0 Å². The lowest BCUT2D eigenvalue weighted by Gasteiger charge is -2.25. The van der Waals surface area contributed by atoms with Gasteiger partial charge in [-0.15, -0.1) is 22.7 Å². The number of hydrogen-bond acceptors (Lipinski definition) is 4. The summed E-state index contributed by atoms with van der Waals surface area (Å²) in [4.78, 5) is 20.7. The van der Waals surface area contributed by atoms with Crippen molar-refractivity contribution in [2.45, 2.75) is 58.0 Å². The highest BCUT2D eigenvalue weighted by atomic mass is 32.1. The first kappa shape index (κ1) is 17.4. The van der Waals surface area contributed by atoms with Crippen LogP contribution in [0.15, 0.2) is 22.9 Å². The summed E-state index contributed by atoms with van der Waals surface area (Å²) in [6.07, 6.45) is 2.11. The van der Waals surface area contributed by atoms with Gasteiger partial charge in [0.1, 0.15) is 5.01 Å². The van der Waals surface area contributed by atoms with Crippen LogP contribution in [0.4, 0.5) is 4.79 Å². The highest BCUT2D eigenvalue weighted by Gasteiger charge is 2.31. The van der Waals surface area contributed by atoms with Crippen molar-refractivity contribution in [3.05, 3.63) is 38.5 Å². The van der Waals surface area contributed by atoms with Crippen molar-refractivity contribution < 1.29 is 4.79 Å². The molecule has 6 heteroatoms. The van der Waals surface area contributed by atoms with E-state index in [1.54, 1.807) is 22.7 Å². The lowest BCUT2D eigenvalue weighted by molar-refractivity contribution is 0.190. The standard InChI is InChI=1S/C18H25N3OS2/c1-12(16-20-15(11-24-16)18(2,3)4)19-17(22)21-9-5-7-13(21)14-8-6-10-23-14/h6,8,10-13H,5,7,9H2,1-4H3,(H,19,22). The molecule has 0 radical (unpaired) electrons. The monoisotopic (exact) mass is 363 g/mol. The van der Waals surface area contributed by atoms with Crippen LogP contribution < -0.4 is 5.32 Å². The fraction of sp³-hybridized carbons (Fsp3) is 0.556. The minimum Gasteiger partial charge on any atom is -0.329 e. The van der Waals surface area contributed by atoms with Gasteiger partial charge >= 0.3 is 6.03 Å². The molecule has 2 aromatic rings. The van der Waals surface area contributed by atoms with Gasteiger partial charge in [0.05, 0.1) is 17.8 Å². The quantitative estimate of drug-likeness (QED) is 0.823. The molecule has 0 aromatic carbocycles. The number of urea groups is 1. The number of carbonyl (C=O) groups is 1. The molecule has 1 aliphatic rings. The second-order valence-electron chi connectivity index (χ2n) is 7.36. The largest absolute Gasteiger partial charge is 0.329 e. The van der Waals surface area contributed by atoms with E-state index in [1.165, 1.54) is 4.88 Å². The smallest absolute Gasteiger partial charge is 0.318 e. The van der Waals surface area contributed by atoms with E-state index in [4.69, 9.17) is 4.98 Å². The zero-order valence-electron chi connectivity index (χ0n) is 14.7. The molecule has 3 heterocycles. The number of nitrogens with zero attached hydrogens (tertiary/aromatic N) is 2. The summed E-state index contributed by atoms with van der Waals surface area (Å²) in [6.45, 7) is 9.31. The Bertz CT molecular complexity index is 687. The second-order valence-corrected chi connectivity index (χ2v) is 9.23. The van der Waals surface area contributed by atoms with Crippen LogP contribution in [0.2, 0.25) is 0 Å². The minimum atomic E-state index is -0.0665. The van der Waals surface area contributed by atoms with Crippen LogP contribution in [-0.4, -0.2) is 22.5 Å². The van der Waals surface area contributed by atoms with Crippen LogP contribution in [-0.2, 0) is 5.41 Å². The number of hydrogen-bond donors (Lipinski definition) is 1. The Kier molecular flexibility index (Phi) is 4.97. The fourth-order valence-corrected chi connectivity index (χ4v) is 4.87. The molecule has 4 nitrogen and oxygen atoms in total. The van der Waals surface area contributed by atoms with Crippen LogP contribution in [0.1, 0.15) is 68.2 Å². The number of carbonyl (C=O) groups excluding carboxylic acids is 1. The average Bonchev–Trinajstić information content (AvgIpc) is 3.25. The van der Waals surface area contributed by atoms with Crippen LogP contribution in [0.25, 0.3) is 0 Å². The molecule has 2 aromatic heterocycles. The first-order chi connectivity index (χ1) is 11.4. The topological polar surface area (TPSA) is 45.2 Å². The third-order valence-electron chi connectivity index (χ3n) is 4.39. The normalized spacial score (nSPS) is 19.5. The SMILES string of the molecule is CC(NC(=O)N1CCCC1c1cccs1)c1nc(C(C)(C)C)cs1. The molecular weight excluding hydrogens is 338 g/mol. The summed E-state index contributed by atoms with van der Waals surface area (Å²) in [5.41, 5.74) is 1.12. The Hall–Kier alpha value is -1.40. The summed E-state index contributed by atoms with van der Waals surface area (Å²) in [6, 6.07) is 4.36. The third kappa shape index (κ3) is 3.64. The number of aromatic nitrogens is 1. The molecule has 0 bridgehead atoms. The van der Waals surface area contributed by atoms with Crippen LogP contribution in [0, 0.1) is 0 Å². The van der Waals surface area contributed by atoms with E-state index in [1.807, 2.05) is 11.8 Å². The molecule has 1 saturated heterocycles. The van der Waals surface area contributed by atoms with E-state index in [0.29, 0.717) is 0 Å². The van der Waals surface area contributed by atoms with Crippen molar-refractivity contribution >= 4 is 28.7 Å². The molecule has 0 spiro atoms. The molecule has 2 atom stereocenters. The Morgan fingerprint density at radius 1 is 1.42 bits per heavy atom. The van der Waals surface area contributed by atoms with Crippen molar-refractivity contribution in [3.63, 3.8) is 0 Å². The molecule has 1 aliphatic heterocycles. The van der Waals surface area contributed by atoms with Gasteiger partial charge in [-0.1, -0.05) is 26.8 Å². The maximum atomic E-state index is 12.7. The van der Waals surface area contributed by atoms with Crippen molar-refractivity contribution in [2.75, 3.05) is 6.54 Å². The van der Waals surface area contributed by atoms with E-state index in [9.17, 15) is 4.79 Å². The van der Waals surface area contributed by atoms with Gasteiger partial charge in [0.2, 0.25) is 0 Å². The zero-order chi connectivity index (χ0) is 17.3. The predicted octanol–water partition coefficient (Wildman–Crippen LogP) is 5.11. The number of thiazole rings is 1. The van der Waals surface area contributed by atoms with Crippen LogP contribution >= 0.6 is 22.7 Å². The molecule has 1 N–H and O–H groups in total. The highest BCUT2D eigenvalue weighted by Crippen LogP contribution is 2.35. The first-order valence-electron chi connectivity index (χ1n) is 8.42. The number of likely N-dealkylation sites (tertiary alicyclic amines) is 1. The van der Waals surface area contributed by atoms with E-state index < -0.39 is 0 Å². The lowest BCUT2D eigenvalue weighted by Crippen LogP contribution is -2.40. The molecule has 1 fully saturated rings. The van der Waals surface area contributed by atoms with Gasteiger partial charge in [-0.2, -0.15) is 0 Å². The van der Waals surface area contributed by atoms with Crippen molar-refractivity contribution in [3.8, 4) is 0 Å². The minimum absolute atomic E-state index is 0.0194. The Morgan fingerprint density at radius 2 is 2.21 bits per heavy atom. The maximum absolute atomic E-state index is 12.7. The van der Waals surface area contributed by atoms with E-state index >= 15 is 0 Å². The first-order valence-corrected chi connectivity index (χ1v) is 10.2. The molecule has 0 aliphatic carbocycles. The van der Waals surface area contributed by atoms with Gasteiger partial charge in [0, 0.05) is 22.2 Å². The lowest BCUT2D eigenvalue weighted by atomic mass is 9.93. The van der Waals surface area contributed by atoms with E-state index in [0.717, 1.165) is 30.1 Å². The van der Waals surface area contributed by atoms with Gasteiger partial charge in [-0.25, -0.2) is 9.78 Å².